The zero-order valence-corrected chi connectivity index (χ0v) is 13.9. The molecule has 0 aliphatic heterocycles. The predicted molar refractivity (Wildman–Crippen MR) is 97.3 cm³/mol. The van der Waals surface area contributed by atoms with Crippen LogP contribution in [-0.2, 0) is 0 Å². The van der Waals surface area contributed by atoms with Crippen LogP contribution in [0.3, 0.4) is 0 Å². The highest BCUT2D eigenvalue weighted by molar-refractivity contribution is 9.10. The third kappa shape index (κ3) is 2.36. The molecule has 0 saturated heterocycles. The lowest BCUT2D eigenvalue weighted by Crippen LogP contribution is -1.98. The smallest absolute Gasteiger partial charge is 0.194 e. The molecule has 0 spiro atoms. The molecule has 1 aliphatic carbocycles. The number of Topliss-reactive ketones (excluding diaryl/α,β-unsaturated/α-hetero) is 1. The Morgan fingerprint density at radius 1 is 0.609 bits per heavy atom. The van der Waals surface area contributed by atoms with E-state index in [1.54, 1.807) is 0 Å². The van der Waals surface area contributed by atoms with Gasteiger partial charge in [0.15, 0.2) is 5.78 Å². The van der Waals surface area contributed by atoms with Gasteiger partial charge in [-0.3, -0.25) is 4.79 Å². The van der Waals surface area contributed by atoms with Crippen molar-refractivity contribution in [2.45, 2.75) is 0 Å². The molecule has 0 amide bonds. The van der Waals surface area contributed by atoms with Gasteiger partial charge >= 0.3 is 0 Å². The Balaban J connectivity index is 2.06. The van der Waals surface area contributed by atoms with Crippen LogP contribution in [0, 0.1) is 0 Å². The van der Waals surface area contributed by atoms with Crippen LogP contribution in [0.2, 0.25) is 0 Å². The summed E-state index contributed by atoms with van der Waals surface area (Å²) in [5, 5.41) is 0. The summed E-state index contributed by atoms with van der Waals surface area (Å²) in [7, 11) is 0. The lowest BCUT2D eigenvalue weighted by molar-refractivity contribution is 0.105. The molecular weight excluding hydrogens is 348 g/mol. The molecule has 4 rings (SSSR count). The Morgan fingerprint density at radius 3 is 1.78 bits per heavy atom. The Bertz CT molecular complexity index is 925. The van der Waals surface area contributed by atoms with E-state index in [9.17, 15) is 4.79 Å². The van der Waals surface area contributed by atoms with Crippen LogP contribution >= 0.6 is 15.9 Å². The van der Waals surface area contributed by atoms with Crippen LogP contribution in [0.5, 0.6) is 0 Å². The molecule has 3 aromatic carbocycles. The minimum absolute atomic E-state index is 0.0950. The summed E-state index contributed by atoms with van der Waals surface area (Å²) in [6.45, 7) is 0. The fraction of sp³-hybridized carbons (Fsp3) is 0. The maximum absolute atomic E-state index is 13.0. The normalized spacial score (nSPS) is 13.3. The third-order valence-corrected chi connectivity index (χ3v) is 4.59. The monoisotopic (exact) mass is 360 g/mol. The molecule has 1 nitrogen and oxygen atoms in total. The van der Waals surface area contributed by atoms with Gasteiger partial charge in [-0.05, 0) is 34.9 Å². The summed E-state index contributed by atoms with van der Waals surface area (Å²) in [6.07, 6.45) is 0. The second-order valence-electron chi connectivity index (χ2n) is 5.50. The van der Waals surface area contributed by atoms with E-state index in [0.717, 1.165) is 37.9 Å². The van der Waals surface area contributed by atoms with Gasteiger partial charge in [-0.2, -0.15) is 0 Å². The number of hydrogen-bond acceptors (Lipinski definition) is 1. The quantitative estimate of drug-likeness (QED) is 0.580. The van der Waals surface area contributed by atoms with Gasteiger partial charge in [0.05, 0.1) is 0 Å². The van der Waals surface area contributed by atoms with Crippen LogP contribution in [0.1, 0.15) is 27.0 Å². The summed E-state index contributed by atoms with van der Waals surface area (Å²) in [4.78, 5) is 13.0. The largest absolute Gasteiger partial charge is 0.289 e. The van der Waals surface area contributed by atoms with Crippen LogP contribution < -0.4 is 0 Å². The molecule has 2 heteroatoms. The standard InChI is InChI=1S/C21H13BrO/c22-16-11-12-17-18(13-16)19(14-7-3-1-4-8-14)20(21(17)23)15-9-5-2-6-10-15/h1-13H. The van der Waals surface area contributed by atoms with Crippen molar-refractivity contribution in [3.63, 3.8) is 0 Å². The van der Waals surface area contributed by atoms with E-state index >= 15 is 0 Å². The van der Waals surface area contributed by atoms with Gasteiger partial charge in [0.2, 0.25) is 0 Å². The van der Waals surface area contributed by atoms with Crippen molar-refractivity contribution in [2.75, 3.05) is 0 Å². The van der Waals surface area contributed by atoms with E-state index in [0.29, 0.717) is 0 Å². The number of hydrogen-bond donors (Lipinski definition) is 0. The first kappa shape index (κ1) is 14.2. The van der Waals surface area contributed by atoms with Crippen molar-refractivity contribution in [1.29, 1.82) is 0 Å². The maximum atomic E-state index is 13.0. The molecule has 0 bridgehead atoms. The molecule has 0 saturated carbocycles. The SMILES string of the molecule is O=C1C(c2ccccc2)=C(c2ccccc2)c2cc(Br)ccc21. The molecular formula is C21H13BrO. The Kier molecular flexibility index (Phi) is 3.47. The number of ketones is 1. The number of carbonyl (C=O) groups is 1. The second-order valence-corrected chi connectivity index (χ2v) is 6.42. The molecule has 0 atom stereocenters. The first-order chi connectivity index (χ1) is 11.3. The molecule has 23 heavy (non-hydrogen) atoms. The van der Waals surface area contributed by atoms with Gasteiger partial charge in [-0.15, -0.1) is 0 Å². The Morgan fingerprint density at radius 2 is 1.17 bits per heavy atom. The van der Waals surface area contributed by atoms with Crippen molar-refractivity contribution in [3.8, 4) is 0 Å². The minimum atomic E-state index is 0.0950. The van der Waals surface area contributed by atoms with Gasteiger partial charge in [-0.25, -0.2) is 0 Å². The van der Waals surface area contributed by atoms with Crippen molar-refractivity contribution >= 4 is 32.9 Å². The lowest BCUT2D eigenvalue weighted by atomic mass is 9.94. The molecule has 110 valence electrons. The fourth-order valence-corrected chi connectivity index (χ4v) is 3.45. The van der Waals surface area contributed by atoms with Crippen molar-refractivity contribution < 1.29 is 4.79 Å². The van der Waals surface area contributed by atoms with E-state index in [2.05, 4.69) is 28.1 Å². The number of allylic oxidation sites excluding steroid dienone is 1. The highest BCUT2D eigenvalue weighted by Crippen LogP contribution is 2.42. The highest BCUT2D eigenvalue weighted by atomic mass is 79.9. The molecule has 0 heterocycles. The van der Waals surface area contributed by atoms with Gasteiger partial charge in [0.1, 0.15) is 0 Å². The Labute approximate surface area is 143 Å². The zero-order chi connectivity index (χ0) is 15.8. The first-order valence-corrected chi connectivity index (χ1v) is 8.25. The average Bonchev–Trinajstić information content (AvgIpc) is 2.88. The molecule has 0 unspecified atom stereocenters. The van der Waals surface area contributed by atoms with Crippen LogP contribution in [0.4, 0.5) is 0 Å². The zero-order valence-electron chi connectivity index (χ0n) is 12.3. The van der Waals surface area contributed by atoms with Gasteiger partial charge in [0, 0.05) is 21.2 Å². The third-order valence-electron chi connectivity index (χ3n) is 4.10. The average molecular weight is 361 g/mol. The lowest BCUT2D eigenvalue weighted by Gasteiger charge is -2.08. The summed E-state index contributed by atoms with van der Waals surface area (Å²) >= 11 is 3.53. The van der Waals surface area contributed by atoms with Crippen LogP contribution in [-0.4, -0.2) is 5.78 Å². The number of carbonyl (C=O) groups excluding carboxylic acids is 1. The Hall–Kier alpha value is -2.45. The predicted octanol–water partition coefficient (Wildman–Crippen LogP) is 5.60. The molecule has 0 radical (unpaired) electrons. The summed E-state index contributed by atoms with van der Waals surface area (Å²) < 4.78 is 0.979. The van der Waals surface area contributed by atoms with Crippen LogP contribution in [0.15, 0.2) is 83.3 Å². The van der Waals surface area contributed by atoms with E-state index in [1.165, 1.54) is 0 Å². The van der Waals surface area contributed by atoms with Crippen LogP contribution in [0.25, 0.3) is 11.1 Å². The van der Waals surface area contributed by atoms with E-state index < -0.39 is 0 Å². The van der Waals surface area contributed by atoms with E-state index in [1.807, 2.05) is 66.7 Å². The summed E-state index contributed by atoms with van der Waals surface area (Å²) in [5.74, 6) is 0.0950. The van der Waals surface area contributed by atoms with Gasteiger partial charge in [0.25, 0.3) is 0 Å². The molecule has 0 fully saturated rings. The summed E-state index contributed by atoms with van der Waals surface area (Å²) in [6, 6.07) is 25.9. The number of rotatable bonds is 2. The fourth-order valence-electron chi connectivity index (χ4n) is 3.09. The molecule has 0 aromatic heterocycles. The maximum Gasteiger partial charge on any atom is 0.194 e. The highest BCUT2D eigenvalue weighted by Gasteiger charge is 2.31. The topological polar surface area (TPSA) is 17.1 Å². The molecule has 1 aliphatic rings. The molecule has 3 aromatic rings. The summed E-state index contributed by atoms with van der Waals surface area (Å²) in [5.41, 5.74) is 5.59. The second kappa shape index (κ2) is 5.64. The van der Waals surface area contributed by atoms with Gasteiger partial charge in [-0.1, -0.05) is 76.6 Å². The van der Waals surface area contributed by atoms with Crippen molar-refractivity contribution in [2.24, 2.45) is 0 Å². The van der Waals surface area contributed by atoms with Gasteiger partial charge < -0.3 is 0 Å². The minimum Gasteiger partial charge on any atom is -0.289 e. The van der Waals surface area contributed by atoms with E-state index in [4.69, 9.17) is 0 Å². The number of halogens is 1. The van der Waals surface area contributed by atoms with Crippen molar-refractivity contribution in [3.05, 3.63) is 106 Å². The van der Waals surface area contributed by atoms with E-state index in [-0.39, 0.29) is 5.78 Å². The first-order valence-electron chi connectivity index (χ1n) is 7.45. The molecule has 0 N–H and O–H groups in total. The number of fused-ring (bicyclic) bond motifs is 1. The van der Waals surface area contributed by atoms with Crippen molar-refractivity contribution in [1.82, 2.24) is 0 Å². The number of benzene rings is 3.